The van der Waals surface area contributed by atoms with E-state index >= 15 is 0 Å². The minimum Gasteiger partial charge on any atom is -0.465 e. The molecule has 1 heterocycles. The van der Waals surface area contributed by atoms with Gasteiger partial charge in [0.1, 0.15) is 9.88 Å². The van der Waals surface area contributed by atoms with Crippen LogP contribution in [0, 0.1) is 13.8 Å². The minimum atomic E-state index is -3.68. The van der Waals surface area contributed by atoms with Gasteiger partial charge in [0.15, 0.2) is 16.4 Å². The topological polar surface area (TPSA) is 142 Å². The predicted molar refractivity (Wildman–Crippen MR) is 119 cm³/mol. The Balaban J connectivity index is 1.98. The first-order chi connectivity index (χ1) is 15.5. The summed E-state index contributed by atoms with van der Waals surface area (Å²) in [5, 5.41) is 2.43. The maximum atomic E-state index is 12.3. The Morgan fingerprint density at radius 1 is 0.970 bits per heavy atom. The molecule has 0 aliphatic heterocycles. The van der Waals surface area contributed by atoms with E-state index in [1.165, 1.54) is 26.2 Å². The summed E-state index contributed by atoms with van der Waals surface area (Å²) >= 11 is 0.810. The van der Waals surface area contributed by atoms with Gasteiger partial charge in [-0.1, -0.05) is 17.7 Å². The number of anilines is 1. The normalized spacial score (nSPS) is 10.9. The van der Waals surface area contributed by atoms with E-state index in [1.807, 2.05) is 6.92 Å². The first kappa shape index (κ1) is 26.0. The number of carbonyl (C=O) groups excluding carboxylic acids is 4. The average molecular weight is 498 g/mol. The Bertz CT molecular complexity index is 1170. The Kier molecular flexibility index (Phi) is 8.71. The highest BCUT2D eigenvalue weighted by molar-refractivity contribution is 7.91. The summed E-state index contributed by atoms with van der Waals surface area (Å²) in [6, 6.07) is 6.20. The van der Waals surface area contributed by atoms with Crippen molar-refractivity contribution in [2.24, 2.45) is 0 Å². The van der Waals surface area contributed by atoms with Crippen molar-refractivity contribution >= 4 is 50.0 Å². The molecular weight excluding hydrogens is 474 g/mol. The first-order valence-electron chi connectivity index (χ1n) is 9.55. The number of esters is 3. The van der Waals surface area contributed by atoms with Crippen molar-refractivity contribution in [3.8, 4) is 0 Å². The zero-order valence-corrected chi connectivity index (χ0v) is 20.1. The largest absolute Gasteiger partial charge is 0.465 e. The van der Waals surface area contributed by atoms with Crippen LogP contribution in [0.4, 0.5) is 5.00 Å². The van der Waals surface area contributed by atoms with Crippen LogP contribution in [0.2, 0.25) is 0 Å². The van der Waals surface area contributed by atoms with Gasteiger partial charge in [0.2, 0.25) is 0 Å². The van der Waals surface area contributed by atoms with Gasteiger partial charge in [-0.05, 0) is 31.5 Å². The number of amides is 1. The first-order valence-corrected chi connectivity index (χ1v) is 12.0. The van der Waals surface area contributed by atoms with Gasteiger partial charge in [0.05, 0.1) is 36.9 Å². The summed E-state index contributed by atoms with van der Waals surface area (Å²) in [6.07, 6.45) is -0.443. The van der Waals surface area contributed by atoms with E-state index in [9.17, 15) is 27.6 Å². The number of sulfone groups is 1. The zero-order valence-electron chi connectivity index (χ0n) is 18.4. The lowest BCUT2D eigenvalue weighted by molar-refractivity contribution is -0.146. The van der Waals surface area contributed by atoms with Crippen molar-refractivity contribution in [3.63, 3.8) is 0 Å². The highest BCUT2D eigenvalue weighted by atomic mass is 32.2. The van der Waals surface area contributed by atoms with Gasteiger partial charge in [-0.2, -0.15) is 0 Å². The van der Waals surface area contributed by atoms with Gasteiger partial charge >= 0.3 is 17.9 Å². The van der Waals surface area contributed by atoms with Crippen LogP contribution < -0.4 is 5.32 Å². The molecule has 1 aromatic carbocycles. The number of benzene rings is 1. The molecule has 0 unspecified atom stereocenters. The van der Waals surface area contributed by atoms with E-state index in [0.717, 1.165) is 24.0 Å². The number of nitrogens with one attached hydrogen (secondary N) is 1. The molecule has 0 aliphatic carbocycles. The van der Waals surface area contributed by atoms with Crippen molar-refractivity contribution in [2.45, 2.75) is 25.2 Å². The van der Waals surface area contributed by atoms with Crippen molar-refractivity contribution in [3.05, 3.63) is 45.8 Å². The summed E-state index contributed by atoms with van der Waals surface area (Å²) in [5.74, 6) is -3.61. The Hall–Kier alpha value is -3.25. The van der Waals surface area contributed by atoms with Crippen LogP contribution in [0.15, 0.2) is 29.2 Å². The molecular formula is C21H23NO9S2. The SMILES string of the molecule is COC(=O)c1sc(NC(=O)COC(=O)CCS(=O)(=O)c2ccc(C)cc2)c(C(=O)OC)c1C. The Morgan fingerprint density at radius 2 is 1.58 bits per heavy atom. The maximum absolute atomic E-state index is 12.3. The third kappa shape index (κ3) is 6.62. The molecule has 1 N–H and O–H groups in total. The zero-order chi connectivity index (χ0) is 24.8. The number of carbonyl (C=O) groups is 4. The second-order valence-corrected chi connectivity index (χ2v) is 9.96. The number of methoxy groups -OCH3 is 2. The molecule has 0 atom stereocenters. The van der Waals surface area contributed by atoms with Gasteiger partial charge in [-0.25, -0.2) is 18.0 Å². The predicted octanol–water partition coefficient (Wildman–Crippen LogP) is 2.28. The van der Waals surface area contributed by atoms with Crippen molar-refractivity contribution in [1.29, 1.82) is 0 Å². The number of rotatable bonds is 9. The molecule has 0 saturated heterocycles. The Labute approximate surface area is 194 Å². The molecule has 178 valence electrons. The van der Waals surface area contributed by atoms with Crippen LogP contribution in [0.25, 0.3) is 0 Å². The number of aryl methyl sites for hydroxylation is 1. The number of hydrogen-bond donors (Lipinski definition) is 1. The quantitative estimate of drug-likeness (QED) is 0.408. The second-order valence-electron chi connectivity index (χ2n) is 6.83. The third-order valence-electron chi connectivity index (χ3n) is 4.48. The summed E-state index contributed by atoms with van der Waals surface area (Å²) in [5.41, 5.74) is 1.15. The molecule has 2 aromatic rings. The van der Waals surface area contributed by atoms with Crippen molar-refractivity contribution in [1.82, 2.24) is 0 Å². The summed E-state index contributed by atoms with van der Waals surface area (Å²) in [6.45, 7) is 2.61. The van der Waals surface area contributed by atoms with E-state index < -0.39 is 52.4 Å². The molecule has 10 nitrogen and oxygen atoms in total. The fraction of sp³-hybridized carbons (Fsp3) is 0.333. The smallest absolute Gasteiger partial charge is 0.348 e. The van der Waals surface area contributed by atoms with E-state index in [2.05, 4.69) is 10.1 Å². The highest BCUT2D eigenvalue weighted by Crippen LogP contribution is 2.34. The molecule has 0 radical (unpaired) electrons. The summed E-state index contributed by atoms with van der Waals surface area (Å²) in [4.78, 5) is 48.3. The molecule has 0 aliphatic rings. The molecule has 1 amide bonds. The van der Waals surface area contributed by atoms with Gasteiger partial charge in [0.25, 0.3) is 5.91 Å². The second kappa shape index (κ2) is 11.1. The van der Waals surface area contributed by atoms with Gasteiger partial charge in [0, 0.05) is 0 Å². The molecule has 0 fully saturated rings. The molecule has 12 heteroatoms. The molecule has 33 heavy (non-hydrogen) atoms. The number of ether oxygens (including phenoxy) is 3. The van der Waals surface area contributed by atoms with Crippen LogP contribution in [-0.2, 0) is 33.6 Å². The highest BCUT2D eigenvalue weighted by Gasteiger charge is 2.27. The monoisotopic (exact) mass is 497 g/mol. The number of hydrogen-bond acceptors (Lipinski definition) is 10. The molecule has 2 rings (SSSR count). The van der Waals surface area contributed by atoms with Crippen LogP contribution in [-0.4, -0.2) is 58.8 Å². The summed E-state index contributed by atoms with van der Waals surface area (Å²) in [7, 11) is -1.36. The van der Waals surface area contributed by atoms with E-state index in [4.69, 9.17) is 9.47 Å². The maximum Gasteiger partial charge on any atom is 0.348 e. The summed E-state index contributed by atoms with van der Waals surface area (Å²) < 4.78 is 38.8. The van der Waals surface area contributed by atoms with E-state index in [1.54, 1.807) is 12.1 Å². The standard InChI is InChI=1S/C21H23NO9S2/c1-12-5-7-14(8-6-12)33(27,28)10-9-16(24)31-11-15(23)22-19-17(20(25)29-3)13(2)18(32-19)21(26)30-4/h5-8H,9-11H2,1-4H3,(H,22,23). The van der Waals surface area contributed by atoms with E-state index in [0.29, 0.717) is 0 Å². The Morgan fingerprint density at radius 3 is 2.15 bits per heavy atom. The lowest BCUT2D eigenvalue weighted by atomic mass is 10.1. The van der Waals surface area contributed by atoms with Gasteiger partial charge in [-0.15, -0.1) is 11.3 Å². The molecule has 1 aromatic heterocycles. The van der Waals surface area contributed by atoms with Crippen LogP contribution >= 0.6 is 11.3 Å². The molecule has 0 spiro atoms. The lowest BCUT2D eigenvalue weighted by Gasteiger charge is -2.08. The fourth-order valence-electron chi connectivity index (χ4n) is 2.70. The van der Waals surface area contributed by atoms with Gasteiger partial charge in [-0.3, -0.25) is 9.59 Å². The fourth-order valence-corrected chi connectivity index (χ4v) is 5.05. The minimum absolute atomic E-state index is 0.0215. The molecule has 0 bridgehead atoms. The molecule has 0 saturated carbocycles. The van der Waals surface area contributed by atoms with Crippen molar-refractivity contribution in [2.75, 3.05) is 31.9 Å². The van der Waals surface area contributed by atoms with E-state index in [-0.39, 0.29) is 25.9 Å². The third-order valence-corrected chi connectivity index (χ3v) is 7.40. The lowest BCUT2D eigenvalue weighted by Crippen LogP contribution is -2.22. The average Bonchev–Trinajstić information content (AvgIpc) is 3.11. The van der Waals surface area contributed by atoms with Crippen LogP contribution in [0.3, 0.4) is 0 Å². The van der Waals surface area contributed by atoms with Crippen LogP contribution in [0.5, 0.6) is 0 Å². The van der Waals surface area contributed by atoms with Crippen molar-refractivity contribution < 1.29 is 41.8 Å². The number of thiophene rings is 1. The van der Waals surface area contributed by atoms with Gasteiger partial charge < -0.3 is 19.5 Å². The van der Waals surface area contributed by atoms with Crippen LogP contribution in [0.1, 0.15) is 37.6 Å².